The average molecular weight is 411 g/mol. The summed E-state index contributed by atoms with van der Waals surface area (Å²) in [5, 5.41) is 1.70. The Bertz CT molecular complexity index is 1740. The zero-order valence-corrected chi connectivity index (χ0v) is 17.7. The lowest BCUT2D eigenvalue weighted by Crippen LogP contribution is -2.30. The number of hydrogen-bond donors (Lipinski definition) is 0. The van der Waals surface area contributed by atoms with Crippen molar-refractivity contribution in [3.05, 3.63) is 89.1 Å². The van der Waals surface area contributed by atoms with Gasteiger partial charge in [-0.3, -0.25) is 0 Å². The number of aromatic nitrogens is 1. The van der Waals surface area contributed by atoms with E-state index in [1.165, 1.54) is 0 Å². The molecule has 1 aliphatic carbocycles. The minimum absolute atomic E-state index is 0.261. The minimum Gasteiger partial charge on any atom is -0.455 e. The molecule has 6 rings (SSSR count). The minimum atomic E-state index is -2.24. The van der Waals surface area contributed by atoms with E-state index < -0.39 is 19.1 Å². The van der Waals surface area contributed by atoms with Crippen LogP contribution in [0.15, 0.2) is 71.3 Å². The van der Waals surface area contributed by atoms with Gasteiger partial charge in [0.05, 0.1) is 5.56 Å². The molecular formula is C29H26NO+. The van der Waals surface area contributed by atoms with E-state index in [1.54, 1.807) is 25.3 Å². The summed E-state index contributed by atoms with van der Waals surface area (Å²) >= 11 is 0. The van der Waals surface area contributed by atoms with Gasteiger partial charge in [-0.1, -0.05) is 50.2 Å². The second-order valence-electron chi connectivity index (χ2n) is 8.71. The predicted molar refractivity (Wildman–Crippen MR) is 127 cm³/mol. The van der Waals surface area contributed by atoms with Crippen LogP contribution in [0.2, 0.25) is 0 Å². The van der Waals surface area contributed by atoms with Gasteiger partial charge in [0, 0.05) is 36.5 Å². The number of benzene rings is 3. The lowest BCUT2D eigenvalue weighted by molar-refractivity contribution is -0.660. The molecule has 0 radical (unpaired) electrons. The topological polar surface area (TPSA) is 17.0 Å². The Morgan fingerprint density at radius 3 is 2.65 bits per heavy atom. The molecular weight excluding hydrogens is 378 g/mol. The van der Waals surface area contributed by atoms with E-state index in [2.05, 4.69) is 0 Å². The molecule has 0 saturated carbocycles. The van der Waals surface area contributed by atoms with Gasteiger partial charge in [-0.25, -0.2) is 4.57 Å². The van der Waals surface area contributed by atoms with Crippen molar-refractivity contribution in [2.45, 2.75) is 33.0 Å². The highest BCUT2D eigenvalue weighted by Crippen LogP contribution is 2.51. The number of aryl methyl sites for hydroxylation is 3. The van der Waals surface area contributed by atoms with Gasteiger partial charge < -0.3 is 4.42 Å². The maximum atomic E-state index is 8.45. The maximum absolute atomic E-state index is 8.45. The van der Waals surface area contributed by atoms with Gasteiger partial charge in [-0.2, -0.15) is 0 Å². The van der Waals surface area contributed by atoms with Crippen molar-refractivity contribution >= 4 is 21.9 Å². The van der Waals surface area contributed by atoms with E-state index in [1.807, 2.05) is 67.1 Å². The first-order valence-corrected chi connectivity index (χ1v) is 10.4. The van der Waals surface area contributed by atoms with Gasteiger partial charge >= 0.3 is 0 Å². The lowest BCUT2D eigenvalue weighted by Gasteiger charge is -2.21. The summed E-state index contributed by atoms with van der Waals surface area (Å²) in [5.41, 5.74) is 6.29. The van der Waals surface area contributed by atoms with E-state index in [4.69, 9.17) is 12.6 Å². The van der Waals surface area contributed by atoms with Gasteiger partial charge in [0.25, 0.3) is 0 Å². The summed E-state index contributed by atoms with van der Waals surface area (Å²) in [5.74, 6) is 0. The Kier molecular flexibility index (Phi) is 2.57. The predicted octanol–water partition coefficient (Wildman–Crippen LogP) is 7.00. The largest absolute Gasteiger partial charge is 0.455 e. The van der Waals surface area contributed by atoms with Crippen LogP contribution in [0.5, 0.6) is 0 Å². The van der Waals surface area contributed by atoms with E-state index in [-0.39, 0.29) is 5.56 Å². The fourth-order valence-corrected chi connectivity index (χ4v) is 5.06. The van der Waals surface area contributed by atoms with Crippen LogP contribution in [-0.2, 0) is 12.5 Å². The SMILES string of the molecule is [2H]C([2H])([2H])c1cc[n+](C)c(-c2c(C)ccc3c2oc2cc4c(cc23)C(C)(C([2H])([2H])[2H])c2ccccc2-4)c1. The van der Waals surface area contributed by atoms with Gasteiger partial charge in [0.2, 0.25) is 5.69 Å². The molecule has 0 bridgehead atoms. The highest BCUT2D eigenvalue weighted by Gasteiger charge is 2.36. The zero-order chi connectivity index (χ0) is 26.5. The van der Waals surface area contributed by atoms with Gasteiger partial charge in [0.1, 0.15) is 18.2 Å². The first-order valence-electron chi connectivity index (χ1n) is 13.4. The number of rotatable bonds is 1. The van der Waals surface area contributed by atoms with Crippen LogP contribution < -0.4 is 4.57 Å². The third-order valence-corrected chi connectivity index (χ3v) is 6.69. The fraction of sp³-hybridized carbons (Fsp3) is 0.207. The standard InChI is InChI=1S/C29H26NO/c1-17-12-13-30(5)25(14-17)27-18(2)10-11-20-22-15-24-21(16-26(22)31-28(20)27)19-8-6-7-9-23(19)29(24,3)4/h6-16H,1-5H3/q+1/i1D3,3D3. The lowest BCUT2D eigenvalue weighted by atomic mass is 9.82. The first-order chi connectivity index (χ1) is 17.3. The van der Waals surface area contributed by atoms with E-state index >= 15 is 0 Å². The highest BCUT2D eigenvalue weighted by molar-refractivity contribution is 6.11. The second-order valence-corrected chi connectivity index (χ2v) is 8.71. The molecule has 0 fully saturated rings. The van der Waals surface area contributed by atoms with Crippen LogP contribution in [0.3, 0.4) is 0 Å². The monoisotopic (exact) mass is 410 g/mol. The summed E-state index contributed by atoms with van der Waals surface area (Å²) < 4.78 is 57.4. The molecule has 2 heterocycles. The van der Waals surface area contributed by atoms with E-state index in [9.17, 15) is 0 Å². The molecule has 2 aromatic heterocycles. The van der Waals surface area contributed by atoms with Gasteiger partial charge in [-0.05, 0) is 59.3 Å². The van der Waals surface area contributed by atoms with E-state index in [0.29, 0.717) is 11.2 Å². The van der Waals surface area contributed by atoms with Crippen molar-refractivity contribution in [1.29, 1.82) is 0 Å². The Hall–Kier alpha value is -3.39. The molecule has 0 N–H and O–H groups in total. The Balaban J connectivity index is 1.68. The number of pyridine rings is 1. The summed E-state index contributed by atoms with van der Waals surface area (Å²) in [6, 6.07) is 18.9. The van der Waals surface area contributed by atoms with Crippen LogP contribution in [0, 0.1) is 13.8 Å². The normalized spacial score (nSPS) is 21.0. The van der Waals surface area contributed by atoms with Crippen molar-refractivity contribution < 1.29 is 17.2 Å². The van der Waals surface area contributed by atoms with Crippen molar-refractivity contribution in [3.8, 4) is 22.4 Å². The van der Waals surface area contributed by atoms with Crippen molar-refractivity contribution in [2.75, 3.05) is 0 Å². The zero-order valence-electron chi connectivity index (χ0n) is 23.7. The molecule has 0 aliphatic heterocycles. The van der Waals surface area contributed by atoms with Crippen LogP contribution in [0.1, 0.15) is 44.3 Å². The first kappa shape index (κ1) is 13.1. The quantitative estimate of drug-likeness (QED) is 0.272. The molecule has 152 valence electrons. The number of furan rings is 1. The summed E-state index contributed by atoms with van der Waals surface area (Å²) in [6.45, 7) is -0.694. The third kappa shape index (κ3) is 2.42. The van der Waals surface area contributed by atoms with Crippen molar-refractivity contribution in [1.82, 2.24) is 0 Å². The van der Waals surface area contributed by atoms with Crippen LogP contribution >= 0.6 is 0 Å². The Morgan fingerprint density at radius 2 is 1.81 bits per heavy atom. The molecule has 2 nitrogen and oxygen atoms in total. The smallest absolute Gasteiger partial charge is 0.216 e. The summed E-state index contributed by atoms with van der Waals surface area (Å²) in [4.78, 5) is 0. The van der Waals surface area contributed by atoms with Crippen LogP contribution in [-0.4, -0.2) is 0 Å². The maximum Gasteiger partial charge on any atom is 0.216 e. The third-order valence-electron chi connectivity index (χ3n) is 6.69. The Morgan fingerprint density at radius 1 is 0.935 bits per heavy atom. The highest BCUT2D eigenvalue weighted by atomic mass is 16.3. The average Bonchev–Trinajstić information content (AvgIpc) is 3.31. The van der Waals surface area contributed by atoms with Crippen LogP contribution in [0.25, 0.3) is 44.3 Å². The van der Waals surface area contributed by atoms with Crippen molar-refractivity contribution in [3.63, 3.8) is 0 Å². The van der Waals surface area contributed by atoms with Gasteiger partial charge in [-0.15, -0.1) is 0 Å². The van der Waals surface area contributed by atoms with E-state index in [0.717, 1.165) is 49.8 Å². The van der Waals surface area contributed by atoms with Crippen molar-refractivity contribution in [2.24, 2.45) is 7.05 Å². The molecule has 5 aromatic rings. The number of nitrogens with zero attached hydrogens (tertiary/aromatic N) is 1. The molecule has 2 heteroatoms. The molecule has 1 aliphatic rings. The number of hydrogen-bond acceptors (Lipinski definition) is 1. The molecule has 1 atom stereocenters. The molecule has 0 amide bonds. The number of fused-ring (bicyclic) bond motifs is 6. The summed E-state index contributed by atoms with van der Waals surface area (Å²) in [6.07, 6.45) is 1.76. The second kappa shape index (κ2) is 6.07. The molecule has 1 unspecified atom stereocenters. The fourth-order valence-electron chi connectivity index (χ4n) is 5.06. The molecule has 31 heavy (non-hydrogen) atoms. The summed E-state index contributed by atoms with van der Waals surface area (Å²) in [7, 11) is 1.88. The molecule has 0 spiro atoms. The molecule has 3 aromatic carbocycles. The molecule has 0 saturated heterocycles. The Labute approximate surface area is 191 Å². The van der Waals surface area contributed by atoms with Crippen LogP contribution in [0.4, 0.5) is 0 Å². The van der Waals surface area contributed by atoms with Gasteiger partial charge in [0.15, 0.2) is 6.20 Å².